The molecule has 0 amide bonds. The van der Waals surface area contributed by atoms with Crippen molar-refractivity contribution >= 4 is 5.97 Å². The minimum absolute atomic E-state index is 0.0644. The van der Waals surface area contributed by atoms with Gasteiger partial charge in [0, 0.05) is 6.42 Å². The summed E-state index contributed by atoms with van der Waals surface area (Å²) in [5, 5.41) is 0. The van der Waals surface area contributed by atoms with E-state index < -0.39 is 0 Å². The van der Waals surface area contributed by atoms with Crippen LogP contribution < -0.4 is 0 Å². The van der Waals surface area contributed by atoms with Crippen LogP contribution in [0.25, 0.3) is 0 Å². The van der Waals surface area contributed by atoms with Gasteiger partial charge in [-0.15, -0.1) is 0 Å². The van der Waals surface area contributed by atoms with Gasteiger partial charge in [0.2, 0.25) is 0 Å². The van der Waals surface area contributed by atoms with Crippen LogP contribution in [0.15, 0.2) is 0 Å². The molecule has 3 nitrogen and oxygen atoms in total. The Morgan fingerprint density at radius 1 is 1.25 bits per heavy atom. The van der Waals surface area contributed by atoms with Gasteiger partial charge in [-0.1, -0.05) is 27.2 Å². The van der Waals surface area contributed by atoms with Gasteiger partial charge in [0.1, 0.15) is 13.2 Å². The first kappa shape index (κ1) is 15.4. The van der Waals surface area contributed by atoms with Crippen LogP contribution in [0.1, 0.15) is 40.0 Å². The third-order valence-electron chi connectivity index (χ3n) is 2.65. The molecule has 0 aromatic carbocycles. The van der Waals surface area contributed by atoms with Crippen molar-refractivity contribution in [1.29, 1.82) is 0 Å². The summed E-state index contributed by atoms with van der Waals surface area (Å²) in [6.45, 7) is 8.86. The van der Waals surface area contributed by atoms with Gasteiger partial charge in [0.15, 0.2) is 0 Å². The van der Waals surface area contributed by atoms with Crippen molar-refractivity contribution in [2.75, 3.05) is 33.8 Å². The van der Waals surface area contributed by atoms with Crippen LogP contribution in [0, 0.1) is 5.92 Å². The third kappa shape index (κ3) is 8.72. The second-order valence-electron chi connectivity index (χ2n) is 5.55. The monoisotopic (exact) mass is 230 g/mol. The second kappa shape index (κ2) is 7.66. The molecule has 3 heteroatoms. The Balaban J connectivity index is 3.67. The number of hydrogen-bond acceptors (Lipinski definition) is 2. The molecule has 0 radical (unpaired) electrons. The van der Waals surface area contributed by atoms with Crippen molar-refractivity contribution in [3.63, 3.8) is 0 Å². The van der Waals surface area contributed by atoms with Crippen LogP contribution in [0.3, 0.4) is 0 Å². The van der Waals surface area contributed by atoms with E-state index in [4.69, 9.17) is 4.74 Å². The summed E-state index contributed by atoms with van der Waals surface area (Å²) in [6, 6.07) is 0. The fourth-order valence-electron chi connectivity index (χ4n) is 1.50. The first-order valence-corrected chi connectivity index (χ1v) is 6.35. The number of unbranched alkanes of at least 4 members (excludes halogenated alkanes) is 1. The first-order valence-electron chi connectivity index (χ1n) is 6.35. The highest BCUT2D eigenvalue weighted by Crippen LogP contribution is 2.04. The molecule has 0 aromatic heterocycles. The Bertz CT molecular complexity index is 200. The zero-order chi connectivity index (χ0) is 12.6. The molecule has 16 heavy (non-hydrogen) atoms. The quantitative estimate of drug-likeness (QED) is 0.473. The number of hydrogen-bond donors (Lipinski definition) is 0. The lowest BCUT2D eigenvalue weighted by Crippen LogP contribution is -2.43. The number of ether oxygens (including phenoxy) is 1. The van der Waals surface area contributed by atoms with Crippen molar-refractivity contribution in [3.8, 4) is 0 Å². The number of likely N-dealkylation sites (N-methyl/N-ethyl adjacent to an activating group) is 1. The lowest BCUT2D eigenvalue weighted by Gasteiger charge is -2.29. The highest BCUT2D eigenvalue weighted by molar-refractivity contribution is 5.69. The highest BCUT2D eigenvalue weighted by atomic mass is 16.5. The molecule has 0 spiro atoms. The summed E-state index contributed by atoms with van der Waals surface area (Å²) in [5.74, 6) is 0.320. The molecule has 0 aromatic rings. The minimum Gasteiger partial charge on any atom is -0.460 e. The van der Waals surface area contributed by atoms with E-state index in [2.05, 4.69) is 21.0 Å². The average Bonchev–Trinajstić information content (AvgIpc) is 2.13. The van der Waals surface area contributed by atoms with Gasteiger partial charge < -0.3 is 9.22 Å². The molecule has 0 heterocycles. The van der Waals surface area contributed by atoms with Crippen molar-refractivity contribution in [1.82, 2.24) is 0 Å². The fraction of sp³-hybridized carbons (Fsp3) is 0.923. The zero-order valence-corrected chi connectivity index (χ0v) is 11.6. The molecule has 0 bridgehead atoms. The fourth-order valence-corrected chi connectivity index (χ4v) is 1.50. The van der Waals surface area contributed by atoms with Gasteiger partial charge in [-0.25, -0.2) is 0 Å². The van der Waals surface area contributed by atoms with E-state index in [0.717, 1.165) is 17.6 Å². The second-order valence-corrected chi connectivity index (χ2v) is 5.55. The van der Waals surface area contributed by atoms with Gasteiger partial charge in [-0.3, -0.25) is 4.79 Å². The van der Waals surface area contributed by atoms with Crippen LogP contribution in [0.5, 0.6) is 0 Å². The number of rotatable bonds is 8. The first-order chi connectivity index (χ1) is 7.37. The Morgan fingerprint density at radius 3 is 2.38 bits per heavy atom. The van der Waals surface area contributed by atoms with Gasteiger partial charge >= 0.3 is 5.97 Å². The van der Waals surface area contributed by atoms with Gasteiger partial charge in [-0.05, 0) is 12.3 Å². The molecule has 0 rings (SSSR count). The Labute approximate surface area is 100 Å². The average molecular weight is 230 g/mol. The van der Waals surface area contributed by atoms with E-state index in [9.17, 15) is 4.79 Å². The van der Waals surface area contributed by atoms with Crippen LogP contribution in [-0.2, 0) is 9.53 Å². The SMILES string of the molecule is CCCC[N+](C)(C)CCOC(=O)CC(C)C. The third-order valence-corrected chi connectivity index (χ3v) is 2.65. The van der Waals surface area contributed by atoms with E-state index in [0.29, 0.717) is 18.9 Å². The molecular weight excluding hydrogens is 202 g/mol. The molecule has 0 aliphatic heterocycles. The van der Waals surface area contributed by atoms with E-state index in [-0.39, 0.29) is 5.97 Å². The van der Waals surface area contributed by atoms with Crippen LogP contribution in [0.2, 0.25) is 0 Å². The smallest absolute Gasteiger partial charge is 0.306 e. The largest absolute Gasteiger partial charge is 0.460 e. The molecule has 0 atom stereocenters. The Morgan fingerprint density at radius 2 is 1.88 bits per heavy atom. The maximum Gasteiger partial charge on any atom is 0.306 e. The maximum atomic E-state index is 11.3. The van der Waals surface area contributed by atoms with Crippen molar-refractivity contribution in [2.24, 2.45) is 5.92 Å². The van der Waals surface area contributed by atoms with E-state index in [1.54, 1.807) is 0 Å². The number of carbonyl (C=O) groups is 1. The highest BCUT2D eigenvalue weighted by Gasteiger charge is 2.15. The molecular formula is C13H28NO2+. The van der Waals surface area contributed by atoms with Crippen LogP contribution in [-0.4, -0.2) is 44.2 Å². The van der Waals surface area contributed by atoms with Gasteiger partial charge in [-0.2, -0.15) is 0 Å². The number of nitrogens with zero attached hydrogens (tertiary/aromatic N) is 1. The zero-order valence-electron chi connectivity index (χ0n) is 11.6. The van der Waals surface area contributed by atoms with Crippen molar-refractivity contribution < 1.29 is 14.0 Å². The summed E-state index contributed by atoms with van der Waals surface area (Å²) >= 11 is 0. The molecule has 0 fully saturated rings. The molecule has 96 valence electrons. The molecule has 0 aliphatic rings. The molecule has 0 saturated heterocycles. The summed E-state index contributed by atoms with van der Waals surface area (Å²) < 4.78 is 6.15. The Kier molecular flexibility index (Phi) is 7.39. The Hall–Kier alpha value is -0.570. The van der Waals surface area contributed by atoms with E-state index in [1.807, 2.05) is 13.8 Å². The lowest BCUT2D eigenvalue weighted by molar-refractivity contribution is -0.890. The van der Waals surface area contributed by atoms with Gasteiger partial charge in [0.25, 0.3) is 0 Å². The van der Waals surface area contributed by atoms with Crippen molar-refractivity contribution in [2.45, 2.75) is 40.0 Å². The van der Waals surface area contributed by atoms with Crippen molar-refractivity contribution in [3.05, 3.63) is 0 Å². The van der Waals surface area contributed by atoms with E-state index in [1.165, 1.54) is 12.8 Å². The summed E-state index contributed by atoms with van der Waals surface area (Å²) in [5.41, 5.74) is 0. The summed E-state index contributed by atoms with van der Waals surface area (Å²) in [6.07, 6.45) is 2.98. The minimum atomic E-state index is -0.0644. The summed E-state index contributed by atoms with van der Waals surface area (Å²) in [4.78, 5) is 11.3. The lowest BCUT2D eigenvalue weighted by atomic mass is 10.1. The van der Waals surface area contributed by atoms with E-state index >= 15 is 0 Å². The maximum absolute atomic E-state index is 11.3. The molecule has 0 aliphatic carbocycles. The number of esters is 1. The predicted octanol–water partition coefficient (Wildman–Crippen LogP) is 2.45. The predicted molar refractivity (Wildman–Crippen MR) is 67.2 cm³/mol. The topological polar surface area (TPSA) is 26.3 Å². The van der Waals surface area contributed by atoms with Crippen LogP contribution in [0.4, 0.5) is 0 Å². The number of quaternary nitrogens is 1. The summed E-state index contributed by atoms with van der Waals surface area (Å²) in [7, 11) is 4.37. The molecule has 0 saturated carbocycles. The standard InChI is InChI=1S/C13H28NO2/c1-6-7-8-14(4,5)9-10-16-13(15)11-12(2)3/h12H,6-11H2,1-5H3/q+1. The normalized spacial score (nSPS) is 11.9. The molecule has 0 unspecified atom stereocenters. The molecule has 0 N–H and O–H groups in total. The number of carbonyl (C=O) groups excluding carboxylic acids is 1. The van der Waals surface area contributed by atoms with Gasteiger partial charge in [0.05, 0.1) is 20.6 Å². The van der Waals surface area contributed by atoms with Crippen LogP contribution >= 0.6 is 0 Å².